The molecule has 2 rings (SSSR count). The van der Waals surface area contributed by atoms with Gasteiger partial charge >= 0.3 is 0 Å². The molecule has 0 aliphatic heterocycles. The Morgan fingerprint density at radius 3 is 2.62 bits per heavy atom. The molecule has 0 fully saturated rings. The van der Waals surface area contributed by atoms with E-state index in [1.165, 1.54) is 11.1 Å². The summed E-state index contributed by atoms with van der Waals surface area (Å²) in [5, 5.41) is 0. The summed E-state index contributed by atoms with van der Waals surface area (Å²) in [6.07, 6.45) is 1.80. The van der Waals surface area contributed by atoms with Gasteiger partial charge in [-0.25, -0.2) is 4.98 Å². The molecule has 0 radical (unpaired) electrons. The van der Waals surface area contributed by atoms with E-state index in [2.05, 4.69) is 29.9 Å². The zero-order valence-corrected chi connectivity index (χ0v) is 8.13. The second kappa shape index (κ2) is 2.80. The smallest absolute Gasteiger partial charge is 0.0921 e. The predicted molar refractivity (Wildman–Crippen MR) is 53.7 cm³/mol. The number of aryl methyl sites for hydroxylation is 3. The van der Waals surface area contributed by atoms with Crippen molar-refractivity contribution >= 4 is 11.0 Å². The summed E-state index contributed by atoms with van der Waals surface area (Å²) in [6.45, 7) is 6.15. The minimum absolute atomic E-state index is 0.973. The highest BCUT2D eigenvalue weighted by molar-refractivity contribution is 5.78. The maximum atomic E-state index is 4.47. The Bertz CT molecular complexity index is 456. The zero-order valence-electron chi connectivity index (χ0n) is 8.13. The van der Waals surface area contributed by atoms with Gasteiger partial charge in [-0.15, -0.1) is 0 Å². The first kappa shape index (κ1) is 8.17. The van der Waals surface area contributed by atoms with Gasteiger partial charge in [0, 0.05) is 6.20 Å². The molecule has 1 heterocycles. The van der Waals surface area contributed by atoms with E-state index in [0.29, 0.717) is 0 Å². The second-order valence-corrected chi connectivity index (χ2v) is 3.39. The van der Waals surface area contributed by atoms with Gasteiger partial charge in [0.1, 0.15) is 0 Å². The van der Waals surface area contributed by atoms with Crippen LogP contribution >= 0.6 is 0 Å². The number of rotatable bonds is 0. The molecule has 13 heavy (non-hydrogen) atoms. The first-order chi connectivity index (χ1) is 6.18. The fraction of sp³-hybridized carbons (Fsp3) is 0.273. The zero-order chi connectivity index (χ0) is 9.42. The lowest BCUT2D eigenvalue weighted by Crippen LogP contribution is -1.91. The fourth-order valence-corrected chi connectivity index (χ4v) is 1.40. The van der Waals surface area contributed by atoms with E-state index < -0.39 is 0 Å². The van der Waals surface area contributed by atoms with Crippen molar-refractivity contribution in [1.82, 2.24) is 9.97 Å². The van der Waals surface area contributed by atoms with E-state index in [1.807, 2.05) is 13.0 Å². The van der Waals surface area contributed by atoms with Gasteiger partial charge in [-0.05, 0) is 38.0 Å². The monoisotopic (exact) mass is 172 g/mol. The third kappa shape index (κ3) is 1.28. The van der Waals surface area contributed by atoms with E-state index in [4.69, 9.17) is 0 Å². The third-order valence-corrected chi connectivity index (χ3v) is 2.36. The van der Waals surface area contributed by atoms with Crippen molar-refractivity contribution in [2.24, 2.45) is 0 Å². The lowest BCUT2D eigenvalue weighted by molar-refractivity contribution is 1.17. The van der Waals surface area contributed by atoms with Crippen LogP contribution in [0.4, 0.5) is 0 Å². The Kier molecular flexibility index (Phi) is 1.76. The topological polar surface area (TPSA) is 25.8 Å². The molecule has 0 unspecified atom stereocenters. The highest BCUT2D eigenvalue weighted by atomic mass is 14.8. The second-order valence-electron chi connectivity index (χ2n) is 3.39. The van der Waals surface area contributed by atoms with Gasteiger partial charge < -0.3 is 0 Å². The Morgan fingerprint density at radius 1 is 1.08 bits per heavy atom. The van der Waals surface area contributed by atoms with Gasteiger partial charge in [0.05, 0.1) is 16.7 Å². The summed E-state index contributed by atoms with van der Waals surface area (Å²) in [6, 6.07) is 4.10. The largest absolute Gasteiger partial charge is 0.253 e. The van der Waals surface area contributed by atoms with Crippen LogP contribution in [0.3, 0.4) is 0 Å². The minimum Gasteiger partial charge on any atom is -0.253 e. The number of fused-ring (bicyclic) bond motifs is 1. The molecule has 0 aliphatic rings. The molecule has 2 heteroatoms. The molecular formula is C11H12N2. The number of benzene rings is 1. The predicted octanol–water partition coefficient (Wildman–Crippen LogP) is 2.56. The molecule has 0 saturated heterocycles. The molecule has 2 nitrogen and oxygen atoms in total. The van der Waals surface area contributed by atoms with Crippen molar-refractivity contribution in [2.75, 3.05) is 0 Å². The Hall–Kier alpha value is -1.44. The molecular weight excluding hydrogens is 160 g/mol. The van der Waals surface area contributed by atoms with Crippen molar-refractivity contribution in [2.45, 2.75) is 20.8 Å². The number of nitrogens with zero attached hydrogens (tertiary/aromatic N) is 2. The van der Waals surface area contributed by atoms with E-state index in [1.54, 1.807) is 6.20 Å². The Morgan fingerprint density at radius 2 is 1.85 bits per heavy atom. The van der Waals surface area contributed by atoms with E-state index in [0.717, 1.165) is 16.7 Å². The molecule has 0 bridgehead atoms. The minimum atomic E-state index is 0.973. The van der Waals surface area contributed by atoms with Crippen molar-refractivity contribution in [1.29, 1.82) is 0 Å². The molecule has 0 saturated carbocycles. The normalized spacial score (nSPS) is 10.7. The average Bonchev–Trinajstić information content (AvgIpc) is 2.12. The van der Waals surface area contributed by atoms with E-state index in [-0.39, 0.29) is 0 Å². The van der Waals surface area contributed by atoms with Crippen LogP contribution in [0.1, 0.15) is 16.8 Å². The van der Waals surface area contributed by atoms with Crippen molar-refractivity contribution in [3.8, 4) is 0 Å². The first-order valence-corrected chi connectivity index (χ1v) is 4.38. The third-order valence-electron chi connectivity index (χ3n) is 2.36. The number of hydrogen-bond acceptors (Lipinski definition) is 2. The molecule has 0 aliphatic carbocycles. The summed E-state index contributed by atoms with van der Waals surface area (Å²) in [5.41, 5.74) is 5.48. The number of hydrogen-bond donors (Lipinski definition) is 0. The fourth-order valence-electron chi connectivity index (χ4n) is 1.40. The lowest BCUT2D eigenvalue weighted by atomic mass is 10.1. The SMILES string of the molecule is Cc1cnc2ccc(C)c(C)c2n1. The van der Waals surface area contributed by atoms with Crippen LogP contribution in [0.2, 0.25) is 0 Å². The van der Waals surface area contributed by atoms with Crippen molar-refractivity contribution in [3.05, 3.63) is 35.2 Å². The molecule has 2 aromatic rings. The van der Waals surface area contributed by atoms with Crippen LogP contribution in [-0.2, 0) is 0 Å². The molecule has 1 aromatic heterocycles. The number of aromatic nitrogens is 2. The average molecular weight is 172 g/mol. The van der Waals surface area contributed by atoms with Crippen LogP contribution in [0, 0.1) is 20.8 Å². The highest BCUT2D eigenvalue weighted by Crippen LogP contribution is 2.17. The molecule has 0 N–H and O–H groups in total. The molecule has 0 amide bonds. The Balaban J connectivity index is 2.89. The van der Waals surface area contributed by atoms with Gasteiger partial charge in [0.15, 0.2) is 0 Å². The standard InChI is InChI=1S/C11H12N2/c1-7-4-5-10-11(9(7)3)13-8(2)6-12-10/h4-6H,1-3H3. The van der Waals surface area contributed by atoms with Gasteiger partial charge in [0.2, 0.25) is 0 Å². The van der Waals surface area contributed by atoms with Gasteiger partial charge in [0.25, 0.3) is 0 Å². The maximum Gasteiger partial charge on any atom is 0.0921 e. The summed E-state index contributed by atoms with van der Waals surface area (Å²) in [5.74, 6) is 0. The molecule has 1 aromatic carbocycles. The van der Waals surface area contributed by atoms with Crippen molar-refractivity contribution in [3.63, 3.8) is 0 Å². The van der Waals surface area contributed by atoms with Gasteiger partial charge in [-0.2, -0.15) is 0 Å². The quantitative estimate of drug-likeness (QED) is 0.610. The molecule has 0 atom stereocenters. The first-order valence-electron chi connectivity index (χ1n) is 4.38. The van der Waals surface area contributed by atoms with Gasteiger partial charge in [-0.1, -0.05) is 6.07 Å². The van der Waals surface area contributed by atoms with Crippen LogP contribution < -0.4 is 0 Å². The van der Waals surface area contributed by atoms with Crippen LogP contribution in [0.25, 0.3) is 11.0 Å². The lowest BCUT2D eigenvalue weighted by Gasteiger charge is -2.04. The van der Waals surface area contributed by atoms with Crippen molar-refractivity contribution < 1.29 is 0 Å². The summed E-state index contributed by atoms with van der Waals surface area (Å²) in [7, 11) is 0. The Labute approximate surface area is 77.6 Å². The van der Waals surface area contributed by atoms with Crippen LogP contribution in [-0.4, -0.2) is 9.97 Å². The highest BCUT2D eigenvalue weighted by Gasteiger charge is 2.02. The van der Waals surface area contributed by atoms with E-state index in [9.17, 15) is 0 Å². The van der Waals surface area contributed by atoms with Crippen LogP contribution in [0.5, 0.6) is 0 Å². The maximum absolute atomic E-state index is 4.47. The molecule has 66 valence electrons. The summed E-state index contributed by atoms with van der Waals surface area (Å²) >= 11 is 0. The summed E-state index contributed by atoms with van der Waals surface area (Å²) < 4.78 is 0. The van der Waals surface area contributed by atoms with Crippen LogP contribution in [0.15, 0.2) is 18.3 Å². The molecule has 0 spiro atoms. The van der Waals surface area contributed by atoms with E-state index >= 15 is 0 Å². The summed E-state index contributed by atoms with van der Waals surface area (Å²) in [4.78, 5) is 8.79. The van der Waals surface area contributed by atoms with Gasteiger partial charge in [-0.3, -0.25) is 4.98 Å².